The van der Waals surface area contributed by atoms with E-state index in [2.05, 4.69) is 13.8 Å². The first-order chi connectivity index (χ1) is 18.5. The minimum absolute atomic E-state index is 0.0909. The molecule has 10 heteroatoms. The van der Waals surface area contributed by atoms with E-state index in [1.165, 1.54) is 51.4 Å². The SMILES string of the molecule is CCCCCCCCOC(=O)CS[As](SCC(=O)OCCCCCCCC)c1ccc(OCCO)c(N)c1. The van der Waals surface area contributed by atoms with Crippen molar-refractivity contribution in [1.29, 1.82) is 0 Å². The van der Waals surface area contributed by atoms with Crippen molar-refractivity contribution in [3.8, 4) is 5.75 Å². The van der Waals surface area contributed by atoms with Crippen LogP contribution in [0.2, 0.25) is 0 Å². The molecule has 1 rings (SSSR count). The quantitative estimate of drug-likeness (QED) is 0.0650. The third kappa shape index (κ3) is 17.5. The van der Waals surface area contributed by atoms with E-state index in [-0.39, 0.29) is 36.7 Å². The molecule has 1 aromatic carbocycles. The molecule has 0 fully saturated rings. The van der Waals surface area contributed by atoms with Gasteiger partial charge in [0.2, 0.25) is 0 Å². The number of nitrogens with two attached hydrogens (primary N) is 1. The normalized spacial score (nSPS) is 11.1. The van der Waals surface area contributed by atoms with Crippen LogP contribution in [0.4, 0.5) is 5.69 Å². The Morgan fingerprint density at radius 2 is 1.29 bits per heavy atom. The van der Waals surface area contributed by atoms with Gasteiger partial charge in [-0.05, 0) is 0 Å². The van der Waals surface area contributed by atoms with Gasteiger partial charge in [0.05, 0.1) is 0 Å². The Labute approximate surface area is 240 Å². The average molecular weight is 634 g/mol. The monoisotopic (exact) mass is 633 g/mol. The molecular weight excluding hydrogens is 585 g/mol. The topological polar surface area (TPSA) is 108 Å². The Balaban J connectivity index is 2.56. The molecule has 0 aliphatic rings. The molecule has 0 spiro atoms. The summed E-state index contributed by atoms with van der Waals surface area (Å²) in [4.78, 5) is 24.7. The zero-order valence-corrected chi connectivity index (χ0v) is 26.8. The molecule has 0 aliphatic carbocycles. The van der Waals surface area contributed by atoms with Gasteiger partial charge >= 0.3 is 242 Å². The summed E-state index contributed by atoms with van der Waals surface area (Å²) in [5, 5.41) is 9.00. The molecule has 0 aromatic heterocycles. The summed E-state index contributed by atoms with van der Waals surface area (Å²) in [5.74, 6) is 0.579. The van der Waals surface area contributed by atoms with Gasteiger partial charge in [-0.3, -0.25) is 0 Å². The summed E-state index contributed by atoms with van der Waals surface area (Å²) in [7, 11) is 3.12. The molecule has 3 N–H and O–H groups in total. The van der Waals surface area contributed by atoms with Gasteiger partial charge in [-0.1, -0.05) is 0 Å². The second-order valence-corrected chi connectivity index (χ2v) is 20.6. The summed E-state index contributed by atoms with van der Waals surface area (Å²) in [6.45, 7) is 5.39. The summed E-state index contributed by atoms with van der Waals surface area (Å²) in [6.07, 6.45) is 13.7. The van der Waals surface area contributed by atoms with Gasteiger partial charge in [-0.2, -0.15) is 0 Å². The van der Waals surface area contributed by atoms with Crippen LogP contribution in [0.3, 0.4) is 0 Å². The van der Waals surface area contributed by atoms with E-state index in [4.69, 9.17) is 25.1 Å². The number of carbonyl (C=O) groups excluding carboxylic acids is 2. The zero-order chi connectivity index (χ0) is 27.8. The summed E-state index contributed by atoms with van der Waals surface area (Å²) in [5.41, 5.74) is 6.66. The summed E-state index contributed by atoms with van der Waals surface area (Å²) in [6, 6.07) is 5.58. The number of esters is 2. The van der Waals surface area contributed by atoms with Crippen molar-refractivity contribution in [1.82, 2.24) is 0 Å². The van der Waals surface area contributed by atoms with Gasteiger partial charge in [0.15, 0.2) is 0 Å². The van der Waals surface area contributed by atoms with Gasteiger partial charge in [0.1, 0.15) is 0 Å². The van der Waals surface area contributed by atoms with Crippen LogP contribution in [-0.4, -0.2) is 67.3 Å². The summed E-state index contributed by atoms with van der Waals surface area (Å²) < 4.78 is 17.4. The van der Waals surface area contributed by atoms with Crippen LogP contribution in [0, 0.1) is 0 Å². The van der Waals surface area contributed by atoms with Crippen molar-refractivity contribution >= 4 is 54.4 Å². The fourth-order valence-electron chi connectivity index (χ4n) is 3.57. The summed E-state index contributed by atoms with van der Waals surface area (Å²) >= 11 is -1.94. The maximum atomic E-state index is 12.4. The van der Waals surface area contributed by atoms with E-state index in [1.54, 1.807) is 26.1 Å². The third-order valence-corrected chi connectivity index (χ3v) is 18.4. The standard InChI is InChI=1S/C28H48AsNO6S2/c1-3-5-7-9-11-13-18-35-27(32)22-37-29(24-15-16-26(25(30)21-24)34-20-17-31)38-23-28(33)36-19-14-12-10-8-6-4-2/h15-16,21,31H,3-14,17-20,22-23,30H2,1-2H3. The number of nitrogen functional groups attached to an aromatic ring is 1. The van der Waals surface area contributed by atoms with Crippen molar-refractivity contribution in [2.24, 2.45) is 0 Å². The van der Waals surface area contributed by atoms with Crippen LogP contribution in [0.15, 0.2) is 18.2 Å². The number of unbranched alkanes of at least 4 members (excludes halogenated alkanes) is 10. The molecule has 0 radical (unpaired) electrons. The Morgan fingerprint density at radius 1 is 0.789 bits per heavy atom. The van der Waals surface area contributed by atoms with E-state index >= 15 is 0 Å². The molecule has 0 amide bonds. The predicted octanol–water partition coefficient (Wildman–Crippen LogP) is 5.61. The van der Waals surface area contributed by atoms with Gasteiger partial charge in [-0.15, -0.1) is 0 Å². The number of benzene rings is 1. The van der Waals surface area contributed by atoms with Crippen LogP contribution < -0.4 is 14.8 Å². The van der Waals surface area contributed by atoms with Crippen molar-refractivity contribution in [3.05, 3.63) is 18.2 Å². The fourth-order valence-corrected chi connectivity index (χ4v) is 14.6. The van der Waals surface area contributed by atoms with E-state index in [0.717, 1.165) is 30.0 Å². The van der Waals surface area contributed by atoms with E-state index in [9.17, 15) is 9.59 Å². The molecule has 0 saturated carbocycles. The van der Waals surface area contributed by atoms with Gasteiger partial charge in [0.25, 0.3) is 0 Å². The first kappa shape index (κ1) is 35.0. The number of aliphatic hydroxyl groups excluding tert-OH is 1. The van der Waals surface area contributed by atoms with Crippen LogP contribution in [-0.2, 0) is 19.1 Å². The van der Waals surface area contributed by atoms with Gasteiger partial charge in [-0.25, -0.2) is 0 Å². The molecule has 1 aromatic rings. The first-order valence-corrected chi connectivity index (χ1v) is 21.4. The first-order valence-electron chi connectivity index (χ1n) is 14.0. The molecule has 7 nitrogen and oxygen atoms in total. The predicted molar refractivity (Wildman–Crippen MR) is 162 cm³/mol. The second-order valence-electron chi connectivity index (χ2n) is 9.07. The molecule has 38 heavy (non-hydrogen) atoms. The zero-order valence-electron chi connectivity index (χ0n) is 23.3. The minimum atomic E-state index is -1.94. The third-order valence-electron chi connectivity index (χ3n) is 5.67. The Kier molecular flexibility index (Phi) is 22.0. The Hall–Kier alpha value is -1.02. The molecule has 0 saturated heterocycles. The van der Waals surface area contributed by atoms with Crippen LogP contribution >= 0.6 is 20.0 Å². The van der Waals surface area contributed by atoms with E-state index in [1.807, 2.05) is 12.1 Å². The number of rotatable bonds is 24. The molecule has 0 heterocycles. The molecule has 0 aliphatic heterocycles. The van der Waals surface area contributed by atoms with Crippen molar-refractivity contribution in [2.45, 2.75) is 90.9 Å². The van der Waals surface area contributed by atoms with Crippen molar-refractivity contribution in [3.63, 3.8) is 0 Å². The maximum absolute atomic E-state index is 12.4. The fraction of sp³-hybridized carbons (Fsp3) is 0.714. The molecule has 218 valence electrons. The van der Waals surface area contributed by atoms with Gasteiger partial charge in [0, 0.05) is 0 Å². The molecule has 0 bridgehead atoms. The Bertz CT molecular complexity index is 737. The number of hydrogen-bond acceptors (Lipinski definition) is 9. The number of aliphatic hydroxyl groups is 1. The average Bonchev–Trinajstić information content (AvgIpc) is 2.91. The number of carbonyl (C=O) groups is 2. The van der Waals surface area contributed by atoms with Gasteiger partial charge < -0.3 is 0 Å². The number of anilines is 1. The number of hydrogen-bond donors (Lipinski definition) is 2. The second kappa shape index (κ2) is 23.8. The Morgan fingerprint density at radius 3 is 1.76 bits per heavy atom. The van der Waals surface area contributed by atoms with Crippen LogP contribution in [0.5, 0.6) is 5.75 Å². The molecule has 0 atom stereocenters. The van der Waals surface area contributed by atoms with Crippen molar-refractivity contribution < 1.29 is 28.9 Å². The molecule has 0 unspecified atom stereocenters. The van der Waals surface area contributed by atoms with Crippen LogP contribution in [0.25, 0.3) is 0 Å². The van der Waals surface area contributed by atoms with Crippen LogP contribution in [0.1, 0.15) is 90.9 Å². The van der Waals surface area contributed by atoms with E-state index in [0.29, 0.717) is 24.7 Å². The van der Waals surface area contributed by atoms with Crippen molar-refractivity contribution in [2.75, 3.05) is 43.7 Å². The van der Waals surface area contributed by atoms with E-state index < -0.39 is 12.3 Å². The number of ether oxygens (including phenoxy) is 3. The molecular formula is C28H48AsNO6S2.